The highest BCUT2D eigenvalue weighted by atomic mass is 35.7. The first kappa shape index (κ1) is 13.4. The lowest BCUT2D eigenvalue weighted by Gasteiger charge is -2.11. The van der Waals surface area contributed by atoms with Gasteiger partial charge in [-0.15, -0.1) is 0 Å². The summed E-state index contributed by atoms with van der Waals surface area (Å²) in [5.74, 6) is -0.141. The molecular formula is C10H14ClN3O3S. The monoisotopic (exact) mass is 291 g/mol. The summed E-state index contributed by atoms with van der Waals surface area (Å²) >= 11 is 0. The average molecular weight is 292 g/mol. The smallest absolute Gasteiger partial charge is 0.280 e. The van der Waals surface area contributed by atoms with Crippen molar-refractivity contribution in [2.24, 2.45) is 0 Å². The standard InChI is InChI=1S/C10H14ClN3O3S/c11-18(16,17)10-6-14(7-12-10)5-9(15)13-8-3-1-2-4-8/h6-8H,1-5H2,(H,13,15). The van der Waals surface area contributed by atoms with Gasteiger partial charge in [-0.1, -0.05) is 12.8 Å². The van der Waals surface area contributed by atoms with E-state index in [1.807, 2.05) is 0 Å². The minimum Gasteiger partial charge on any atom is -0.352 e. The molecule has 100 valence electrons. The fourth-order valence-electron chi connectivity index (χ4n) is 2.06. The molecule has 0 aliphatic heterocycles. The van der Waals surface area contributed by atoms with Gasteiger partial charge in [-0.2, -0.15) is 0 Å². The van der Waals surface area contributed by atoms with Crippen LogP contribution in [0.4, 0.5) is 0 Å². The van der Waals surface area contributed by atoms with E-state index in [9.17, 15) is 13.2 Å². The van der Waals surface area contributed by atoms with Crippen molar-refractivity contribution in [3.63, 3.8) is 0 Å². The zero-order chi connectivity index (χ0) is 13.2. The number of imidazole rings is 1. The molecule has 1 aromatic rings. The Balaban J connectivity index is 1.92. The van der Waals surface area contributed by atoms with Crippen LogP contribution in [0, 0.1) is 0 Å². The number of aromatic nitrogens is 2. The third kappa shape index (κ3) is 3.46. The first-order valence-corrected chi connectivity index (χ1v) is 8.02. The molecule has 1 fully saturated rings. The fraction of sp³-hybridized carbons (Fsp3) is 0.600. The molecule has 1 heterocycles. The van der Waals surface area contributed by atoms with Crippen molar-refractivity contribution >= 4 is 25.6 Å². The topological polar surface area (TPSA) is 81.1 Å². The Morgan fingerprint density at radius 2 is 2.17 bits per heavy atom. The van der Waals surface area contributed by atoms with Crippen molar-refractivity contribution in [2.75, 3.05) is 0 Å². The zero-order valence-corrected chi connectivity index (χ0v) is 11.2. The van der Waals surface area contributed by atoms with Crippen molar-refractivity contribution in [1.82, 2.24) is 14.9 Å². The van der Waals surface area contributed by atoms with Crippen LogP contribution < -0.4 is 5.32 Å². The molecule has 18 heavy (non-hydrogen) atoms. The molecule has 6 nitrogen and oxygen atoms in total. The van der Waals surface area contributed by atoms with E-state index >= 15 is 0 Å². The number of halogens is 1. The van der Waals surface area contributed by atoms with Gasteiger partial charge in [-0.25, -0.2) is 13.4 Å². The SMILES string of the molecule is O=C(Cn1cnc(S(=O)(=O)Cl)c1)NC1CCCC1. The highest BCUT2D eigenvalue weighted by molar-refractivity contribution is 8.13. The van der Waals surface area contributed by atoms with Crippen LogP contribution in [0.5, 0.6) is 0 Å². The average Bonchev–Trinajstić information content (AvgIpc) is 2.87. The summed E-state index contributed by atoms with van der Waals surface area (Å²) in [5.41, 5.74) is 0. The largest absolute Gasteiger partial charge is 0.352 e. The summed E-state index contributed by atoms with van der Waals surface area (Å²) in [6, 6.07) is 0.247. The lowest BCUT2D eigenvalue weighted by atomic mass is 10.2. The van der Waals surface area contributed by atoms with Crippen molar-refractivity contribution in [3.8, 4) is 0 Å². The number of carbonyl (C=O) groups is 1. The third-order valence-electron chi connectivity index (χ3n) is 2.91. The predicted octanol–water partition coefficient (Wildman–Crippen LogP) is 0.869. The van der Waals surface area contributed by atoms with Crippen LogP contribution >= 0.6 is 10.7 Å². The Hall–Kier alpha value is -1.08. The lowest BCUT2D eigenvalue weighted by molar-refractivity contribution is -0.122. The van der Waals surface area contributed by atoms with Crippen LogP contribution in [0.15, 0.2) is 17.6 Å². The van der Waals surface area contributed by atoms with Gasteiger partial charge in [-0.3, -0.25) is 4.79 Å². The molecule has 0 spiro atoms. The summed E-state index contributed by atoms with van der Waals surface area (Å²) in [6.45, 7) is 0.0515. The molecule has 0 aromatic carbocycles. The molecular weight excluding hydrogens is 278 g/mol. The van der Waals surface area contributed by atoms with Crippen molar-refractivity contribution < 1.29 is 13.2 Å². The fourth-order valence-corrected chi connectivity index (χ4v) is 2.73. The van der Waals surface area contributed by atoms with Crippen LogP contribution in [0.3, 0.4) is 0 Å². The molecule has 1 aliphatic carbocycles. The third-order valence-corrected chi connectivity index (χ3v) is 4.09. The maximum Gasteiger partial charge on any atom is 0.280 e. The summed E-state index contributed by atoms with van der Waals surface area (Å²) < 4.78 is 23.4. The Kier molecular flexibility index (Phi) is 3.91. The van der Waals surface area contributed by atoms with Crippen LogP contribution in [-0.4, -0.2) is 29.9 Å². The van der Waals surface area contributed by atoms with Crippen LogP contribution in [0.2, 0.25) is 0 Å². The van der Waals surface area contributed by atoms with E-state index in [1.165, 1.54) is 17.1 Å². The van der Waals surface area contributed by atoms with Gasteiger partial charge in [0.1, 0.15) is 6.54 Å². The number of amides is 1. The molecule has 2 rings (SSSR count). The van der Waals surface area contributed by atoms with Gasteiger partial charge < -0.3 is 9.88 Å². The molecule has 1 N–H and O–H groups in total. The van der Waals surface area contributed by atoms with E-state index in [1.54, 1.807) is 0 Å². The first-order chi connectivity index (χ1) is 8.45. The van der Waals surface area contributed by atoms with Gasteiger partial charge in [0.05, 0.1) is 6.33 Å². The highest BCUT2D eigenvalue weighted by Gasteiger charge is 2.18. The molecule has 1 aliphatic rings. The van der Waals surface area contributed by atoms with E-state index in [-0.39, 0.29) is 23.5 Å². The predicted molar refractivity (Wildman–Crippen MR) is 65.7 cm³/mol. The van der Waals surface area contributed by atoms with E-state index in [0.717, 1.165) is 25.7 Å². The van der Waals surface area contributed by atoms with Gasteiger partial charge in [0.2, 0.25) is 5.91 Å². The minimum absolute atomic E-state index is 0.0515. The molecule has 1 saturated carbocycles. The Labute approximate surface area is 110 Å². The number of nitrogens with zero attached hydrogens (tertiary/aromatic N) is 2. The quantitative estimate of drug-likeness (QED) is 0.835. The summed E-state index contributed by atoms with van der Waals surface area (Å²) in [4.78, 5) is 15.3. The first-order valence-electron chi connectivity index (χ1n) is 5.71. The second-order valence-electron chi connectivity index (χ2n) is 4.37. The summed E-state index contributed by atoms with van der Waals surface area (Å²) in [5, 5.41) is 2.67. The van der Waals surface area contributed by atoms with Crippen molar-refractivity contribution in [1.29, 1.82) is 0 Å². The molecule has 1 aromatic heterocycles. The zero-order valence-electron chi connectivity index (χ0n) is 9.67. The van der Waals surface area contributed by atoms with E-state index in [2.05, 4.69) is 10.3 Å². The summed E-state index contributed by atoms with van der Waals surface area (Å²) in [6.07, 6.45) is 6.84. The molecule has 8 heteroatoms. The van der Waals surface area contributed by atoms with Gasteiger partial charge in [0, 0.05) is 22.9 Å². The van der Waals surface area contributed by atoms with Crippen LogP contribution in [0.25, 0.3) is 0 Å². The molecule has 0 bridgehead atoms. The van der Waals surface area contributed by atoms with Crippen molar-refractivity contribution in [3.05, 3.63) is 12.5 Å². The van der Waals surface area contributed by atoms with Gasteiger partial charge in [-0.05, 0) is 12.8 Å². The number of rotatable bonds is 4. The normalized spacial score (nSPS) is 16.9. The van der Waals surface area contributed by atoms with Gasteiger partial charge >= 0.3 is 0 Å². The van der Waals surface area contributed by atoms with E-state index in [4.69, 9.17) is 10.7 Å². The molecule has 0 radical (unpaired) electrons. The molecule has 0 saturated heterocycles. The number of nitrogens with one attached hydrogen (secondary N) is 1. The molecule has 0 atom stereocenters. The van der Waals surface area contributed by atoms with Gasteiger partial charge in [0.25, 0.3) is 9.05 Å². The second-order valence-corrected chi connectivity index (χ2v) is 6.88. The Morgan fingerprint density at radius 1 is 1.50 bits per heavy atom. The van der Waals surface area contributed by atoms with Crippen molar-refractivity contribution in [2.45, 2.75) is 43.3 Å². The second kappa shape index (κ2) is 5.27. The highest BCUT2D eigenvalue weighted by Crippen LogP contribution is 2.17. The van der Waals surface area contributed by atoms with Crippen LogP contribution in [0.1, 0.15) is 25.7 Å². The lowest BCUT2D eigenvalue weighted by Crippen LogP contribution is -2.34. The Morgan fingerprint density at radius 3 is 2.72 bits per heavy atom. The van der Waals surface area contributed by atoms with Gasteiger partial charge in [0.15, 0.2) is 5.03 Å². The summed E-state index contributed by atoms with van der Waals surface area (Å²) in [7, 11) is 1.31. The van der Waals surface area contributed by atoms with Crippen LogP contribution in [-0.2, 0) is 20.4 Å². The maximum atomic E-state index is 11.7. The Bertz CT molecular complexity index is 534. The number of hydrogen-bond donors (Lipinski definition) is 1. The van der Waals surface area contributed by atoms with E-state index in [0.29, 0.717) is 0 Å². The number of carbonyl (C=O) groups excluding carboxylic acids is 1. The molecule has 1 amide bonds. The maximum absolute atomic E-state index is 11.7. The minimum atomic E-state index is -3.83. The molecule has 0 unspecified atom stereocenters. The number of hydrogen-bond acceptors (Lipinski definition) is 4. The van der Waals surface area contributed by atoms with E-state index < -0.39 is 9.05 Å².